The van der Waals surface area contributed by atoms with E-state index in [1.54, 1.807) is 7.11 Å². The summed E-state index contributed by atoms with van der Waals surface area (Å²) in [5, 5.41) is 4.25. The number of methoxy groups -OCH3 is 1. The maximum Gasteiger partial charge on any atom is 0.0658 e. The molecule has 0 atom stereocenters. The van der Waals surface area contributed by atoms with E-state index in [9.17, 15) is 0 Å². The van der Waals surface area contributed by atoms with E-state index in [0.717, 1.165) is 19.1 Å². The Morgan fingerprint density at radius 3 is 3.17 bits per heavy atom. The summed E-state index contributed by atoms with van der Waals surface area (Å²) >= 11 is 0. The van der Waals surface area contributed by atoms with E-state index in [0.29, 0.717) is 0 Å². The molecular weight excluding hydrogens is 152 g/mol. The highest BCUT2D eigenvalue weighted by molar-refractivity contribution is 5.16. The summed E-state index contributed by atoms with van der Waals surface area (Å²) in [5.74, 6) is 0.807. The van der Waals surface area contributed by atoms with Gasteiger partial charge in [0.15, 0.2) is 0 Å². The van der Waals surface area contributed by atoms with Crippen molar-refractivity contribution < 1.29 is 4.74 Å². The van der Waals surface area contributed by atoms with Gasteiger partial charge in [-0.2, -0.15) is 5.10 Å². The minimum Gasteiger partial charge on any atom is -0.383 e. The Hall–Kier alpha value is -0.830. The lowest BCUT2D eigenvalue weighted by Crippen LogP contribution is -2.03. The Bertz CT molecular complexity index is 253. The highest BCUT2D eigenvalue weighted by atomic mass is 16.5. The van der Waals surface area contributed by atoms with Gasteiger partial charge in [-0.15, -0.1) is 0 Å². The quantitative estimate of drug-likeness (QED) is 0.676. The Labute approximate surface area is 72.3 Å². The molecule has 1 aromatic heterocycles. The maximum absolute atomic E-state index is 4.97. The first kappa shape index (κ1) is 7.80. The first-order valence-corrected chi connectivity index (χ1v) is 4.41. The molecule has 0 aliphatic heterocycles. The largest absolute Gasteiger partial charge is 0.383 e. The van der Waals surface area contributed by atoms with Crippen LogP contribution in [0.15, 0.2) is 12.4 Å². The SMILES string of the molecule is COCCn1cc(C2CC2)cn1. The van der Waals surface area contributed by atoms with Crippen molar-refractivity contribution in [1.29, 1.82) is 0 Å². The van der Waals surface area contributed by atoms with E-state index in [4.69, 9.17) is 4.74 Å². The van der Waals surface area contributed by atoms with Crippen molar-refractivity contribution in [3.8, 4) is 0 Å². The average Bonchev–Trinajstić information content (AvgIpc) is 2.83. The lowest BCUT2D eigenvalue weighted by molar-refractivity contribution is 0.183. The maximum atomic E-state index is 4.97. The molecule has 1 heterocycles. The van der Waals surface area contributed by atoms with Crippen LogP contribution in [0, 0.1) is 0 Å². The number of aromatic nitrogens is 2. The van der Waals surface area contributed by atoms with Crippen LogP contribution in [0.2, 0.25) is 0 Å². The summed E-state index contributed by atoms with van der Waals surface area (Å²) in [7, 11) is 1.71. The first-order valence-electron chi connectivity index (χ1n) is 4.41. The monoisotopic (exact) mass is 166 g/mol. The zero-order valence-electron chi connectivity index (χ0n) is 7.36. The number of rotatable bonds is 4. The molecule has 0 saturated heterocycles. The van der Waals surface area contributed by atoms with E-state index < -0.39 is 0 Å². The Kier molecular flexibility index (Phi) is 2.13. The van der Waals surface area contributed by atoms with Crippen molar-refractivity contribution in [2.75, 3.05) is 13.7 Å². The Balaban J connectivity index is 1.93. The highest BCUT2D eigenvalue weighted by Gasteiger charge is 2.24. The van der Waals surface area contributed by atoms with Gasteiger partial charge in [0.05, 0.1) is 19.3 Å². The van der Waals surface area contributed by atoms with Crippen molar-refractivity contribution in [2.45, 2.75) is 25.3 Å². The molecule has 2 rings (SSSR count). The van der Waals surface area contributed by atoms with Gasteiger partial charge in [0.1, 0.15) is 0 Å². The second-order valence-corrected chi connectivity index (χ2v) is 3.30. The van der Waals surface area contributed by atoms with Crippen LogP contribution >= 0.6 is 0 Å². The van der Waals surface area contributed by atoms with Crippen molar-refractivity contribution in [1.82, 2.24) is 9.78 Å². The number of nitrogens with zero attached hydrogens (tertiary/aromatic N) is 2. The second kappa shape index (κ2) is 3.27. The van der Waals surface area contributed by atoms with Crippen molar-refractivity contribution in [3.05, 3.63) is 18.0 Å². The molecule has 1 saturated carbocycles. The smallest absolute Gasteiger partial charge is 0.0658 e. The summed E-state index contributed by atoms with van der Waals surface area (Å²) in [4.78, 5) is 0. The van der Waals surface area contributed by atoms with Crippen LogP contribution in [0.1, 0.15) is 24.3 Å². The fourth-order valence-electron chi connectivity index (χ4n) is 1.31. The second-order valence-electron chi connectivity index (χ2n) is 3.30. The number of hydrogen-bond acceptors (Lipinski definition) is 2. The van der Waals surface area contributed by atoms with Gasteiger partial charge in [-0.3, -0.25) is 4.68 Å². The first-order chi connectivity index (χ1) is 5.90. The molecule has 0 aromatic carbocycles. The summed E-state index contributed by atoms with van der Waals surface area (Å²) in [6, 6.07) is 0. The van der Waals surface area contributed by atoms with Gasteiger partial charge in [-0.25, -0.2) is 0 Å². The molecule has 0 spiro atoms. The minimum absolute atomic E-state index is 0.742. The number of hydrogen-bond donors (Lipinski definition) is 0. The van der Waals surface area contributed by atoms with E-state index in [-0.39, 0.29) is 0 Å². The van der Waals surface area contributed by atoms with Gasteiger partial charge in [-0.05, 0) is 24.3 Å². The van der Waals surface area contributed by atoms with Crippen molar-refractivity contribution in [3.63, 3.8) is 0 Å². The average molecular weight is 166 g/mol. The van der Waals surface area contributed by atoms with Crippen LogP contribution in [0.4, 0.5) is 0 Å². The fourth-order valence-corrected chi connectivity index (χ4v) is 1.31. The predicted octanol–water partition coefficient (Wildman–Crippen LogP) is 1.41. The van der Waals surface area contributed by atoms with Gasteiger partial charge >= 0.3 is 0 Å². The highest BCUT2D eigenvalue weighted by Crippen LogP contribution is 2.39. The van der Waals surface area contributed by atoms with Crippen molar-refractivity contribution in [2.24, 2.45) is 0 Å². The van der Waals surface area contributed by atoms with E-state index in [1.165, 1.54) is 18.4 Å². The van der Waals surface area contributed by atoms with Crippen LogP contribution in [0.25, 0.3) is 0 Å². The van der Waals surface area contributed by atoms with Crippen LogP contribution < -0.4 is 0 Å². The van der Waals surface area contributed by atoms with Gasteiger partial charge in [0, 0.05) is 13.3 Å². The summed E-state index contributed by atoms with van der Waals surface area (Å²) in [6.45, 7) is 1.61. The third-order valence-electron chi connectivity index (χ3n) is 2.23. The zero-order chi connectivity index (χ0) is 8.39. The molecule has 1 aliphatic carbocycles. The zero-order valence-corrected chi connectivity index (χ0v) is 7.36. The van der Waals surface area contributed by atoms with E-state index in [1.807, 2.05) is 10.9 Å². The number of ether oxygens (including phenoxy) is 1. The Morgan fingerprint density at radius 2 is 2.50 bits per heavy atom. The normalized spacial score (nSPS) is 16.8. The van der Waals surface area contributed by atoms with Gasteiger partial charge in [0.2, 0.25) is 0 Å². The summed E-state index contributed by atoms with van der Waals surface area (Å²) < 4.78 is 6.93. The van der Waals surface area contributed by atoms with E-state index in [2.05, 4.69) is 11.3 Å². The van der Waals surface area contributed by atoms with Crippen LogP contribution in [-0.2, 0) is 11.3 Å². The minimum atomic E-state index is 0.742. The Morgan fingerprint density at radius 1 is 1.67 bits per heavy atom. The molecule has 0 bridgehead atoms. The molecule has 3 heteroatoms. The molecule has 3 nitrogen and oxygen atoms in total. The van der Waals surface area contributed by atoms with E-state index >= 15 is 0 Å². The summed E-state index contributed by atoms with van der Waals surface area (Å²) in [5.41, 5.74) is 1.39. The van der Waals surface area contributed by atoms with Crippen LogP contribution in [0.5, 0.6) is 0 Å². The molecule has 1 aliphatic rings. The standard InChI is InChI=1S/C9H14N2O/c1-12-5-4-11-7-9(6-10-11)8-2-3-8/h6-8H,2-5H2,1H3. The molecule has 0 amide bonds. The van der Waals surface area contributed by atoms with Gasteiger partial charge < -0.3 is 4.74 Å². The topological polar surface area (TPSA) is 27.1 Å². The van der Waals surface area contributed by atoms with Crippen LogP contribution in [0.3, 0.4) is 0 Å². The van der Waals surface area contributed by atoms with Gasteiger partial charge in [-0.1, -0.05) is 0 Å². The molecule has 0 N–H and O–H groups in total. The van der Waals surface area contributed by atoms with Crippen LogP contribution in [-0.4, -0.2) is 23.5 Å². The molecule has 0 unspecified atom stereocenters. The fraction of sp³-hybridized carbons (Fsp3) is 0.667. The lowest BCUT2D eigenvalue weighted by atomic mass is 10.2. The molecule has 1 fully saturated rings. The van der Waals surface area contributed by atoms with Crippen molar-refractivity contribution >= 4 is 0 Å². The third kappa shape index (κ3) is 1.67. The van der Waals surface area contributed by atoms with Gasteiger partial charge in [0.25, 0.3) is 0 Å². The molecule has 0 radical (unpaired) electrons. The summed E-state index contributed by atoms with van der Waals surface area (Å²) in [6.07, 6.45) is 6.80. The molecule has 66 valence electrons. The molecular formula is C9H14N2O. The third-order valence-corrected chi connectivity index (χ3v) is 2.23. The lowest BCUT2D eigenvalue weighted by Gasteiger charge is -1.97. The predicted molar refractivity (Wildman–Crippen MR) is 46.1 cm³/mol. The molecule has 1 aromatic rings. The molecule has 12 heavy (non-hydrogen) atoms.